The van der Waals surface area contributed by atoms with E-state index in [1.165, 1.54) is 32.4 Å². The Hall–Kier alpha value is -0.120. The van der Waals surface area contributed by atoms with E-state index < -0.39 is 0 Å². The van der Waals surface area contributed by atoms with Gasteiger partial charge in [-0.2, -0.15) is 0 Å². The third kappa shape index (κ3) is 8.03. The molecule has 7 heteroatoms. The van der Waals surface area contributed by atoms with E-state index >= 15 is 0 Å². The first-order valence-electron chi connectivity index (χ1n) is 10.5. The van der Waals surface area contributed by atoms with E-state index in [0.29, 0.717) is 12.1 Å². The molecule has 0 aliphatic carbocycles. The van der Waals surface area contributed by atoms with Crippen LogP contribution in [-0.2, 0) is 4.74 Å². The molecule has 160 valence electrons. The first kappa shape index (κ1) is 24.9. The Balaban J connectivity index is 0.00000364. The summed E-state index contributed by atoms with van der Waals surface area (Å²) < 4.78 is 5.56. The zero-order valence-electron chi connectivity index (χ0n) is 18.1. The van der Waals surface area contributed by atoms with Crippen LogP contribution >= 0.6 is 24.0 Å². The van der Waals surface area contributed by atoms with Gasteiger partial charge in [0.25, 0.3) is 0 Å². The van der Waals surface area contributed by atoms with Gasteiger partial charge < -0.3 is 15.4 Å². The highest BCUT2D eigenvalue weighted by Crippen LogP contribution is 2.20. The second kappa shape index (κ2) is 12.4. The number of likely N-dealkylation sites (tertiary alicyclic amines) is 1. The smallest absolute Gasteiger partial charge is 0.191 e. The second-order valence-corrected chi connectivity index (χ2v) is 8.45. The van der Waals surface area contributed by atoms with Crippen molar-refractivity contribution in [1.82, 2.24) is 20.4 Å². The Morgan fingerprint density at radius 1 is 1.19 bits per heavy atom. The molecule has 6 nitrogen and oxygen atoms in total. The lowest BCUT2D eigenvalue weighted by atomic mass is 9.99. The highest BCUT2D eigenvalue weighted by molar-refractivity contribution is 14.0. The number of halogens is 1. The minimum Gasteiger partial charge on any atom is -0.379 e. The van der Waals surface area contributed by atoms with E-state index in [9.17, 15) is 0 Å². The molecule has 0 amide bonds. The normalized spacial score (nSPS) is 24.2. The van der Waals surface area contributed by atoms with Gasteiger partial charge in [-0.3, -0.25) is 14.8 Å². The quantitative estimate of drug-likeness (QED) is 0.323. The van der Waals surface area contributed by atoms with Gasteiger partial charge in [-0.05, 0) is 60.5 Å². The predicted molar refractivity (Wildman–Crippen MR) is 125 cm³/mol. The van der Waals surface area contributed by atoms with E-state index in [1.807, 2.05) is 0 Å². The summed E-state index contributed by atoms with van der Waals surface area (Å²) in [4.78, 5) is 10.0. The Bertz CT molecular complexity index is 440. The second-order valence-electron chi connectivity index (χ2n) is 8.45. The fraction of sp³-hybridized carbons (Fsp3) is 0.950. The maximum Gasteiger partial charge on any atom is 0.191 e. The van der Waals surface area contributed by atoms with Crippen molar-refractivity contribution in [2.45, 2.75) is 71.5 Å². The summed E-state index contributed by atoms with van der Waals surface area (Å²) in [5.41, 5.74) is 0.118. The number of hydrogen-bond acceptors (Lipinski definition) is 4. The Kier molecular flexibility index (Phi) is 11.5. The third-order valence-electron chi connectivity index (χ3n) is 5.73. The SMILES string of the molecule is CCNC(=NCC(C)(C)N1CCCCC1)NCC(C)N1CCOCC1C.I. The lowest BCUT2D eigenvalue weighted by Gasteiger charge is -2.40. The van der Waals surface area contributed by atoms with Crippen molar-refractivity contribution in [2.24, 2.45) is 4.99 Å². The van der Waals surface area contributed by atoms with Crippen LogP contribution < -0.4 is 10.6 Å². The summed E-state index contributed by atoms with van der Waals surface area (Å²) in [5.74, 6) is 0.936. The number of aliphatic imine (C=N–C) groups is 1. The lowest BCUT2D eigenvalue weighted by molar-refractivity contribution is -0.0174. The summed E-state index contributed by atoms with van der Waals surface area (Å²) in [5, 5.41) is 6.96. The molecule has 0 saturated carbocycles. The van der Waals surface area contributed by atoms with Gasteiger partial charge in [0.05, 0.1) is 19.8 Å². The molecule has 0 aromatic heterocycles. The molecule has 2 N–H and O–H groups in total. The Morgan fingerprint density at radius 3 is 2.52 bits per heavy atom. The summed E-state index contributed by atoms with van der Waals surface area (Å²) >= 11 is 0. The summed E-state index contributed by atoms with van der Waals surface area (Å²) in [7, 11) is 0. The van der Waals surface area contributed by atoms with E-state index in [1.54, 1.807) is 0 Å². The van der Waals surface area contributed by atoms with Crippen molar-refractivity contribution in [3.63, 3.8) is 0 Å². The van der Waals surface area contributed by atoms with E-state index in [-0.39, 0.29) is 29.5 Å². The Labute approximate surface area is 183 Å². The lowest BCUT2D eigenvalue weighted by Crippen LogP contribution is -2.53. The van der Waals surface area contributed by atoms with Crippen LogP contribution in [0.2, 0.25) is 0 Å². The van der Waals surface area contributed by atoms with Crippen LogP contribution in [0.3, 0.4) is 0 Å². The van der Waals surface area contributed by atoms with Crippen molar-refractivity contribution in [3.05, 3.63) is 0 Å². The van der Waals surface area contributed by atoms with Crippen LogP contribution in [0.25, 0.3) is 0 Å². The number of nitrogens with one attached hydrogen (secondary N) is 2. The van der Waals surface area contributed by atoms with E-state index in [0.717, 1.165) is 45.4 Å². The number of rotatable bonds is 7. The maximum atomic E-state index is 5.56. The Morgan fingerprint density at radius 2 is 1.89 bits per heavy atom. The fourth-order valence-corrected chi connectivity index (χ4v) is 3.97. The zero-order chi connectivity index (χ0) is 19.0. The number of ether oxygens (including phenoxy) is 1. The largest absolute Gasteiger partial charge is 0.379 e. The number of hydrogen-bond donors (Lipinski definition) is 2. The van der Waals surface area contributed by atoms with Crippen LogP contribution in [0.1, 0.15) is 53.9 Å². The molecule has 2 rings (SSSR count). The number of piperidine rings is 1. The molecule has 0 spiro atoms. The van der Waals surface area contributed by atoms with Crippen LogP contribution in [-0.4, -0.2) is 85.9 Å². The van der Waals surface area contributed by atoms with Crippen LogP contribution in [0.4, 0.5) is 0 Å². The molecule has 2 atom stereocenters. The molecule has 0 bridgehead atoms. The maximum absolute atomic E-state index is 5.56. The molecule has 0 aromatic rings. The average Bonchev–Trinajstić information content (AvgIpc) is 2.65. The molecule has 2 aliphatic heterocycles. The van der Waals surface area contributed by atoms with E-state index in [2.05, 4.69) is 55.1 Å². The van der Waals surface area contributed by atoms with Crippen molar-refractivity contribution in [2.75, 3.05) is 52.5 Å². The molecule has 27 heavy (non-hydrogen) atoms. The van der Waals surface area contributed by atoms with Crippen molar-refractivity contribution in [3.8, 4) is 0 Å². The van der Waals surface area contributed by atoms with Crippen LogP contribution in [0.5, 0.6) is 0 Å². The first-order chi connectivity index (χ1) is 12.4. The average molecular weight is 495 g/mol. The molecular weight excluding hydrogens is 453 g/mol. The zero-order valence-corrected chi connectivity index (χ0v) is 20.4. The summed E-state index contributed by atoms with van der Waals surface area (Å²) in [6, 6.07) is 0.950. The molecule has 2 fully saturated rings. The number of morpholine rings is 1. The van der Waals surface area contributed by atoms with Gasteiger partial charge in [-0.25, -0.2) is 0 Å². The molecule has 2 aliphatic rings. The highest BCUT2D eigenvalue weighted by atomic mass is 127. The van der Waals surface area contributed by atoms with Crippen molar-refractivity contribution in [1.29, 1.82) is 0 Å². The topological polar surface area (TPSA) is 52.1 Å². The molecular formula is C20H42IN5O. The van der Waals surface area contributed by atoms with E-state index in [4.69, 9.17) is 9.73 Å². The monoisotopic (exact) mass is 495 g/mol. The van der Waals surface area contributed by atoms with Gasteiger partial charge in [0.15, 0.2) is 5.96 Å². The van der Waals surface area contributed by atoms with Crippen LogP contribution in [0, 0.1) is 0 Å². The standard InChI is InChI=1S/C20H41N5O.HI/c1-6-21-19(22-14-17(2)25-12-13-26-15-18(25)3)23-16-20(4,5)24-10-8-7-9-11-24;/h17-18H,6-16H2,1-5H3,(H2,21,22,23);1H. The predicted octanol–water partition coefficient (Wildman–Crippen LogP) is 2.53. The molecule has 2 unspecified atom stereocenters. The number of nitrogens with zero attached hydrogens (tertiary/aromatic N) is 3. The summed E-state index contributed by atoms with van der Waals surface area (Å²) in [6.45, 7) is 19.0. The van der Waals surface area contributed by atoms with Gasteiger partial charge in [0.2, 0.25) is 0 Å². The first-order valence-corrected chi connectivity index (χ1v) is 10.5. The van der Waals surface area contributed by atoms with Gasteiger partial charge in [-0.15, -0.1) is 24.0 Å². The van der Waals surface area contributed by atoms with Crippen LogP contribution in [0.15, 0.2) is 4.99 Å². The molecule has 2 saturated heterocycles. The summed E-state index contributed by atoms with van der Waals surface area (Å²) in [6.07, 6.45) is 4.01. The molecule has 2 heterocycles. The van der Waals surface area contributed by atoms with Gasteiger partial charge in [-0.1, -0.05) is 6.42 Å². The minimum atomic E-state index is 0. The minimum absolute atomic E-state index is 0. The highest BCUT2D eigenvalue weighted by Gasteiger charge is 2.28. The molecule has 0 radical (unpaired) electrons. The molecule has 0 aromatic carbocycles. The van der Waals surface area contributed by atoms with Crippen molar-refractivity contribution >= 4 is 29.9 Å². The third-order valence-corrected chi connectivity index (χ3v) is 5.73. The van der Waals surface area contributed by atoms with Gasteiger partial charge in [0, 0.05) is 37.3 Å². The fourth-order valence-electron chi connectivity index (χ4n) is 3.97. The van der Waals surface area contributed by atoms with Gasteiger partial charge >= 0.3 is 0 Å². The van der Waals surface area contributed by atoms with Gasteiger partial charge in [0.1, 0.15) is 0 Å². The van der Waals surface area contributed by atoms with Crippen molar-refractivity contribution < 1.29 is 4.74 Å². The number of guanidine groups is 1.